The van der Waals surface area contributed by atoms with Gasteiger partial charge in [0.05, 0.1) is 11.8 Å². The zero-order chi connectivity index (χ0) is 23.4. The molecule has 1 aliphatic rings. The van der Waals surface area contributed by atoms with Crippen molar-refractivity contribution < 1.29 is 28.2 Å². The van der Waals surface area contributed by atoms with E-state index in [1.807, 2.05) is 6.07 Å². The number of benzene rings is 3. The van der Waals surface area contributed by atoms with Crippen molar-refractivity contribution in [2.45, 2.75) is 25.9 Å². The van der Waals surface area contributed by atoms with E-state index >= 15 is 0 Å². The van der Waals surface area contributed by atoms with Crippen molar-refractivity contribution in [3.8, 4) is 16.9 Å². The van der Waals surface area contributed by atoms with E-state index in [2.05, 4.69) is 5.32 Å². The van der Waals surface area contributed by atoms with Crippen LogP contribution in [-0.2, 0) is 16.2 Å². The molecule has 7 heteroatoms. The summed E-state index contributed by atoms with van der Waals surface area (Å²) in [7, 11) is 0. The molecule has 1 amide bonds. The number of hydrogen-bond donors (Lipinski definition) is 2. The van der Waals surface area contributed by atoms with E-state index in [4.69, 9.17) is 4.74 Å². The highest BCUT2D eigenvalue weighted by atomic mass is 19.1. The van der Waals surface area contributed by atoms with E-state index in [9.17, 15) is 23.5 Å². The molecule has 2 N–H and O–H groups in total. The fourth-order valence-corrected chi connectivity index (χ4v) is 4.16. The third kappa shape index (κ3) is 5.37. The van der Waals surface area contributed by atoms with Gasteiger partial charge in [-0.2, -0.15) is 0 Å². The number of nitrogens with one attached hydrogen (secondary N) is 1. The number of halogens is 2. The van der Waals surface area contributed by atoms with Crippen molar-refractivity contribution >= 4 is 17.6 Å². The lowest BCUT2D eigenvalue weighted by atomic mass is 9.95. The van der Waals surface area contributed by atoms with Gasteiger partial charge in [-0.05, 0) is 60.4 Å². The Morgan fingerprint density at radius 3 is 2.45 bits per heavy atom. The molecule has 2 atom stereocenters. The SMILES string of the molecule is O=C(O)C1CCCC1C(=O)Nc1cccc(COc2ccc(-c3ccc(F)cc3F)cc2)c1. The van der Waals surface area contributed by atoms with Gasteiger partial charge in [-0.3, -0.25) is 9.59 Å². The quantitative estimate of drug-likeness (QED) is 0.487. The number of ether oxygens (including phenoxy) is 1. The molecule has 3 aromatic rings. The average Bonchev–Trinajstić information content (AvgIpc) is 3.29. The molecular weight excluding hydrogens is 428 g/mol. The molecule has 1 fully saturated rings. The lowest BCUT2D eigenvalue weighted by Gasteiger charge is -2.16. The second-order valence-corrected chi connectivity index (χ2v) is 8.11. The molecule has 0 aliphatic heterocycles. The lowest BCUT2D eigenvalue weighted by Crippen LogP contribution is -2.30. The number of hydrogen-bond acceptors (Lipinski definition) is 3. The third-order valence-electron chi connectivity index (χ3n) is 5.87. The molecule has 0 heterocycles. The Labute approximate surface area is 190 Å². The number of aliphatic carboxylic acids is 1. The van der Waals surface area contributed by atoms with E-state index in [0.29, 0.717) is 35.4 Å². The Bertz CT molecular complexity index is 1160. The van der Waals surface area contributed by atoms with Crippen molar-refractivity contribution in [1.82, 2.24) is 0 Å². The fraction of sp³-hybridized carbons (Fsp3) is 0.231. The van der Waals surface area contributed by atoms with Crippen LogP contribution in [0.1, 0.15) is 24.8 Å². The topological polar surface area (TPSA) is 75.6 Å². The van der Waals surface area contributed by atoms with Gasteiger partial charge in [0.2, 0.25) is 5.91 Å². The van der Waals surface area contributed by atoms with E-state index in [-0.39, 0.29) is 12.5 Å². The summed E-state index contributed by atoms with van der Waals surface area (Å²) in [5.41, 5.74) is 2.32. The van der Waals surface area contributed by atoms with Crippen LogP contribution in [0.4, 0.5) is 14.5 Å². The fourth-order valence-electron chi connectivity index (χ4n) is 4.16. The summed E-state index contributed by atoms with van der Waals surface area (Å²) in [5, 5.41) is 12.1. The molecule has 3 aromatic carbocycles. The highest BCUT2D eigenvalue weighted by Crippen LogP contribution is 2.33. The van der Waals surface area contributed by atoms with Crippen LogP contribution in [0.2, 0.25) is 0 Å². The van der Waals surface area contributed by atoms with Crippen LogP contribution in [0.25, 0.3) is 11.1 Å². The number of rotatable bonds is 7. The van der Waals surface area contributed by atoms with E-state index in [1.54, 1.807) is 42.5 Å². The maximum absolute atomic E-state index is 14.0. The molecule has 0 bridgehead atoms. The monoisotopic (exact) mass is 451 g/mol. The van der Waals surface area contributed by atoms with Gasteiger partial charge in [-0.15, -0.1) is 0 Å². The van der Waals surface area contributed by atoms with E-state index < -0.39 is 29.4 Å². The minimum absolute atomic E-state index is 0.245. The third-order valence-corrected chi connectivity index (χ3v) is 5.87. The zero-order valence-electron chi connectivity index (χ0n) is 17.8. The highest BCUT2D eigenvalue weighted by Gasteiger charge is 2.37. The average molecular weight is 451 g/mol. The first-order valence-corrected chi connectivity index (χ1v) is 10.7. The zero-order valence-corrected chi connectivity index (χ0v) is 17.8. The molecule has 1 aliphatic carbocycles. The summed E-state index contributed by atoms with van der Waals surface area (Å²) >= 11 is 0. The largest absolute Gasteiger partial charge is 0.489 e. The number of carboxylic acid groups (broad SMARTS) is 1. The number of carbonyl (C=O) groups is 2. The second kappa shape index (κ2) is 9.81. The van der Waals surface area contributed by atoms with E-state index in [1.165, 1.54) is 12.1 Å². The minimum Gasteiger partial charge on any atom is -0.489 e. The van der Waals surface area contributed by atoms with Crippen LogP contribution in [0.5, 0.6) is 5.75 Å². The Morgan fingerprint density at radius 2 is 1.73 bits per heavy atom. The maximum atomic E-state index is 14.0. The lowest BCUT2D eigenvalue weighted by molar-refractivity contribution is -0.145. The Balaban J connectivity index is 1.37. The van der Waals surface area contributed by atoms with Crippen LogP contribution in [-0.4, -0.2) is 17.0 Å². The summed E-state index contributed by atoms with van der Waals surface area (Å²) in [6.07, 6.45) is 1.83. The normalized spacial score (nSPS) is 17.5. The smallest absolute Gasteiger partial charge is 0.307 e. The maximum Gasteiger partial charge on any atom is 0.307 e. The first-order chi connectivity index (χ1) is 15.9. The van der Waals surface area contributed by atoms with Crippen LogP contribution in [0, 0.1) is 23.5 Å². The van der Waals surface area contributed by atoms with E-state index in [0.717, 1.165) is 18.1 Å². The summed E-state index contributed by atoms with van der Waals surface area (Å²) in [6, 6.07) is 17.4. The number of carboxylic acids is 1. The van der Waals surface area contributed by atoms with Crippen LogP contribution in [0.3, 0.4) is 0 Å². The molecular formula is C26H23F2NO4. The Morgan fingerprint density at radius 1 is 0.970 bits per heavy atom. The molecule has 33 heavy (non-hydrogen) atoms. The van der Waals surface area contributed by atoms with Crippen molar-refractivity contribution in [3.63, 3.8) is 0 Å². The predicted molar refractivity (Wildman–Crippen MR) is 120 cm³/mol. The van der Waals surface area contributed by atoms with Crippen molar-refractivity contribution in [1.29, 1.82) is 0 Å². The standard InChI is InChI=1S/C26H23F2NO4/c27-18-9-12-21(24(28)14-18)17-7-10-20(11-8-17)33-15-16-3-1-4-19(13-16)29-25(30)22-5-2-6-23(22)26(31)32/h1,3-4,7-14,22-23H,2,5-6,15H2,(H,29,30)(H,31,32). The van der Waals surface area contributed by atoms with Gasteiger partial charge in [0.1, 0.15) is 24.0 Å². The summed E-state index contributed by atoms with van der Waals surface area (Å²) in [4.78, 5) is 23.9. The molecule has 0 saturated heterocycles. The van der Waals surface area contributed by atoms with Gasteiger partial charge < -0.3 is 15.2 Å². The predicted octanol–water partition coefficient (Wildman–Crippen LogP) is 5.65. The van der Waals surface area contributed by atoms with Crippen LogP contribution >= 0.6 is 0 Å². The summed E-state index contributed by atoms with van der Waals surface area (Å²) in [5.74, 6) is -3.04. The Kier molecular flexibility index (Phi) is 6.68. The molecule has 2 unspecified atom stereocenters. The van der Waals surface area contributed by atoms with Crippen LogP contribution < -0.4 is 10.1 Å². The van der Waals surface area contributed by atoms with Crippen molar-refractivity contribution in [3.05, 3.63) is 83.9 Å². The van der Waals surface area contributed by atoms with Gasteiger partial charge in [-0.1, -0.05) is 30.7 Å². The van der Waals surface area contributed by atoms with Crippen molar-refractivity contribution in [2.75, 3.05) is 5.32 Å². The van der Waals surface area contributed by atoms with Gasteiger partial charge in [0.15, 0.2) is 0 Å². The molecule has 1 saturated carbocycles. The summed E-state index contributed by atoms with van der Waals surface area (Å²) in [6.45, 7) is 0.245. The van der Waals surface area contributed by atoms with Gasteiger partial charge in [0.25, 0.3) is 0 Å². The highest BCUT2D eigenvalue weighted by molar-refractivity contribution is 5.95. The first-order valence-electron chi connectivity index (χ1n) is 10.7. The second-order valence-electron chi connectivity index (χ2n) is 8.11. The molecule has 0 aromatic heterocycles. The summed E-state index contributed by atoms with van der Waals surface area (Å²) < 4.78 is 32.9. The number of amides is 1. The molecule has 0 radical (unpaired) electrons. The molecule has 170 valence electrons. The first kappa shape index (κ1) is 22.5. The Hall–Kier alpha value is -3.74. The molecule has 4 rings (SSSR count). The number of anilines is 1. The molecule has 0 spiro atoms. The van der Waals surface area contributed by atoms with Crippen LogP contribution in [0.15, 0.2) is 66.7 Å². The van der Waals surface area contributed by atoms with Gasteiger partial charge in [0, 0.05) is 17.3 Å². The minimum atomic E-state index is -0.928. The van der Waals surface area contributed by atoms with Gasteiger partial charge >= 0.3 is 5.97 Å². The molecule has 5 nitrogen and oxygen atoms in total. The van der Waals surface area contributed by atoms with Crippen molar-refractivity contribution in [2.24, 2.45) is 11.8 Å². The van der Waals surface area contributed by atoms with Gasteiger partial charge in [-0.25, -0.2) is 8.78 Å². The number of carbonyl (C=O) groups excluding carboxylic acids is 1.